The first-order valence-electron chi connectivity index (χ1n) is 8.21. The highest BCUT2D eigenvalue weighted by Crippen LogP contribution is 2.26. The highest BCUT2D eigenvalue weighted by atomic mass is 32.1. The maximum absolute atomic E-state index is 11.2. The van der Waals surface area contributed by atoms with Gasteiger partial charge >= 0.3 is 0 Å². The normalized spacial score (nSPS) is 16.6. The Kier molecular flexibility index (Phi) is 5.08. The minimum absolute atomic E-state index is 0.0503. The predicted octanol–water partition coefficient (Wildman–Crippen LogP) is 3.07. The number of aryl methyl sites for hydroxylation is 1. The predicted molar refractivity (Wildman–Crippen MR) is 94.1 cm³/mol. The molecule has 0 aliphatic carbocycles. The smallest absolute Gasteiger partial charge is 0.220 e. The zero-order chi connectivity index (χ0) is 16.2. The minimum Gasteiger partial charge on any atom is -0.369 e. The third-order valence-electron chi connectivity index (χ3n) is 4.54. The third-order valence-corrected chi connectivity index (χ3v) is 5.48. The second kappa shape index (κ2) is 7.23. The summed E-state index contributed by atoms with van der Waals surface area (Å²) in [5.74, 6) is -0.106. The van der Waals surface area contributed by atoms with Crippen molar-refractivity contribution >= 4 is 17.2 Å². The Balaban J connectivity index is 1.60. The van der Waals surface area contributed by atoms with E-state index < -0.39 is 0 Å². The van der Waals surface area contributed by atoms with Crippen molar-refractivity contribution in [3.63, 3.8) is 0 Å². The molecule has 1 aliphatic heterocycles. The van der Waals surface area contributed by atoms with Gasteiger partial charge in [-0.25, -0.2) is 4.98 Å². The standard InChI is InChI=1S/C18H23N3OS/c1-2-13-3-5-15(6-4-13)18-20-16(12-23-18)11-21-9-7-14(8-10-21)17(19)22/h3-6,12,14H,2,7-11H2,1H3,(H2,19,22). The number of rotatable bonds is 5. The molecule has 0 unspecified atom stereocenters. The molecule has 1 fully saturated rings. The molecule has 1 amide bonds. The van der Waals surface area contributed by atoms with E-state index in [9.17, 15) is 4.79 Å². The molecule has 3 rings (SSSR count). The molecule has 4 nitrogen and oxygen atoms in total. The molecule has 122 valence electrons. The van der Waals surface area contributed by atoms with Crippen molar-refractivity contribution in [1.29, 1.82) is 0 Å². The van der Waals surface area contributed by atoms with Crippen molar-refractivity contribution < 1.29 is 4.79 Å². The number of hydrogen-bond donors (Lipinski definition) is 1. The molecule has 0 radical (unpaired) electrons. The first kappa shape index (κ1) is 16.1. The lowest BCUT2D eigenvalue weighted by molar-refractivity contribution is -0.123. The fraction of sp³-hybridized carbons (Fsp3) is 0.444. The molecule has 1 aliphatic rings. The van der Waals surface area contributed by atoms with Crippen LogP contribution in [0.25, 0.3) is 10.6 Å². The summed E-state index contributed by atoms with van der Waals surface area (Å²) in [5.41, 5.74) is 9.03. The molecule has 0 spiro atoms. The average molecular weight is 329 g/mol. The van der Waals surface area contributed by atoms with E-state index in [1.807, 2.05) is 0 Å². The Bertz CT molecular complexity index is 657. The zero-order valence-corrected chi connectivity index (χ0v) is 14.3. The van der Waals surface area contributed by atoms with Gasteiger partial charge in [0.15, 0.2) is 0 Å². The highest BCUT2D eigenvalue weighted by Gasteiger charge is 2.23. The van der Waals surface area contributed by atoms with Crippen LogP contribution in [0, 0.1) is 5.92 Å². The van der Waals surface area contributed by atoms with Crippen LogP contribution in [0.4, 0.5) is 0 Å². The number of aromatic nitrogens is 1. The summed E-state index contributed by atoms with van der Waals surface area (Å²) < 4.78 is 0. The zero-order valence-electron chi connectivity index (χ0n) is 13.5. The number of thiazole rings is 1. The third kappa shape index (κ3) is 3.98. The largest absolute Gasteiger partial charge is 0.369 e. The number of benzene rings is 1. The summed E-state index contributed by atoms with van der Waals surface area (Å²) in [5, 5.41) is 3.22. The van der Waals surface area contributed by atoms with Crippen LogP contribution in [-0.2, 0) is 17.8 Å². The van der Waals surface area contributed by atoms with Crippen molar-refractivity contribution in [2.75, 3.05) is 13.1 Å². The number of amides is 1. The molecule has 0 atom stereocenters. The molecule has 1 aromatic heterocycles. The molecule has 2 N–H and O–H groups in total. The van der Waals surface area contributed by atoms with Gasteiger partial charge in [-0.2, -0.15) is 0 Å². The van der Waals surface area contributed by atoms with Crippen LogP contribution in [0.1, 0.15) is 31.0 Å². The van der Waals surface area contributed by atoms with Crippen molar-refractivity contribution in [3.8, 4) is 10.6 Å². The Morgan fingerprint density at radius 1 is 1.30 bits per heavy atom. The van der Waals surface area contributed by atoms with E-state index in [0.29, 0.717) is 0 Å². The number of nitrogens with zero attached hydrogens (tertiary/aromatic N) is 2. The summed E-state index contributed by atoms with van der Waals surface area (Å²) in [7, 11) is 0. The number of piperidine rings is 1. The first-order chi connectivity index (χ1) is 11.2. The summed E-state index contributed by atoms with van der Waals surface area (Å²) >= 11 is 1.70. The summed E-state index contributed by atoms with van der Waals surface area (Å²) in [4.78, 5) is 18.3. The van der Waals surface area contributed by atoms with Gasteiger partial charge in [0.05, 0.1) is 5.69 Å². The quantitative estimate of drug-likeness (QED) is 0.917. The number of likely N-dealkylation sites (tertiary alicyclic amines) is 1. The molecular formula is C18H23N3OS. The number of primary amides is 1. The van der Waals surface area contributed by atoms with E-state index in [4.69, 9.17) is 10.7 Å². The van der Waals surface area contributed by atoms with Gasteiger partial charge < -0.3 is 5.73 Å². The Labute approximate surface area is 141 Å². The van der Waals surface area contributed by atoms with Crippen molar-refractivity contribution in [1.82, 2.24) is 9.88 Å². The molecule has 0 bridgehead atoms. The first-order valence-corrected chi connectivity index (χ1v) is 9.09. The second-order valence-electron chi connectivity index (χ2n) is 6.15. The summed E-state index contributed by atoms with van der Waals surface area (Å²) in [6, 6.07) is 8.65. The van der Waals surface area contributed by atoms with Gasteiger partial charge in [-0.05, 0) is 37.9 Å². The van der Waals surface area contributed by atoms with E-state index in [-0.39, 0.29) is 11.8 Å². The van der Waals surface area contributed by atoms with Crippen LogP contribution < -0.4 is 5.73 Å². The van der Waals surface area contributed by atoms with E-state index in [1.54, 1.807) is 11.3 Å². The van der Waals surface area contributed by atoms with Gasteiger partial charge in [-0.1, -0.05) is 31.2 Å². The maximum atomic E-state index is 11.2. The van der Waals surface area contributed by atoms with E-state index in [1.165, 1.54) is 11.1 Å². The number of hydrogen-bond acceptors (Lipinski definition) is 4. The Morgan fingerprint density at radius 3 is 2.61 bits per heavy atom. The number of carbonyl (C=O) groups is 1. The minimum atomic E-state index is -0.156. The van der Waals surface area contributed by atoms with Crippen LogP contribution >= 0.6 is 11.3 Å². The van der Waals surface area contributed by atoms with Crippen molar-refractivity contribution in [3.05, 3.63) is 40.9 Å². The molecule has 2 heterocycles. The average Bonchev–Trinajstić information content (AvgIpc) is 3.04. The van der Waals surface area contributed by atoms with Crippen LogP contribution in [0.15, 0.2) is 29.6 Å². The molecule has 1 aromatic carbocycles. The lowest BCUT2D eigenvalue weighted by atomic mass is 9.96. The van der Waals surface area contributed by atoms with Gasteiger partial charge in [0, 0.05) is 23.4 Å². The van der Waals surface area contributed by atoms with Crippen molar-refractivity contribution in [2.24, 2.45) is 11.7 Å². The molecule has 1 saturated heterocycles. The SMILES string of the molecule is CCc1ccc(-c2nc(CN3CCC(C(N)=O)CC3)cs2)cc1. The number of nitrogens with two attached hydrogens (primary N) is 1. The van der Waals surface area contributed by atoms with Gasteiger partial charge in [0.2, 0.25) is 5.91 Å². The topological polar surface area (TPSA) is 59.2 Å². The Hall–Kier alpha value is -1.72. The monoisotopic (exact) mass is 329 g/mol. The van der Waals surface area contributed by atoms with E-state index in [2.05, 4.69) is 41.5 Å². The van der Waals surface area contributed by atoms with Crippen LogP contribution in [0.3, 0.4) is 0 Å². The second-order valence-corrected chi connectivity index (χ2v) is 7.01. The lowest BCUT2D eigenvalue weighted by Gasteiger charge is -2.29. The van der Waals surface area contributed by atoms with E-state index >= 15 is 0 Å². The summed E-state index contributed by atoms with van der Waals surface area (Å²) in [6.07, 6.45) is 2.79. The molecule has 23 heavy (non-hydrogen) atoms. The molecule has 0 saturated carbocycles. The van der Waals surface area contributed by atoms with Gasteiger partial charge in [0.1, 0.15) is 5.01 Å². The molecular weight excluding hydrogens is 306 g/mol. The fourth-order valence-corrected chi connectivity index (χ4v) is 3.82. The number of carbonyl (C=O) groups excluding carboxylic acids is 1. The lowest BCUT2D eigenvalue weighted by Crippen LogP contribution is -2.38. The Morgan fingerprint density at radius 2 is 2.00 bits per heavy atom. The van der Waals surface area contributed by atoms with Gasteiger partial charge in [-0.3, -0.25) is 9.69 Å². The molecule has 2 aromatic rings. The van der Waals surface area contributed by atoms with Crippen LogP contribution in [-0.4, -0.2) is 28.9 Å². The highest BCUT2D eigenvalue weighted by molar-refractivity contribution is 7.13. The van der Waals surface area contributed by atoms with Crippen molar-refractivity contribution in [2.45, 2.75) is 32.7 Å². The van der Waals surface area contributed by atoms with Crippen LogP contribution in [0.2, 0.25) is 0 Å². The van der Waals surface area contributed by atoms with Gasteiger partial charge in [0.25, 0.3) is 0 Å². The van der Waals surface area contributed by atoms with Crippen LogP contribution in [0.5, 0.6) is 0 Å². The van der Waals surface area contributed by atoms with E-state index in [0.717, 1.165) is 49.6 Å². The summed E-state index contributed by atoms with van der Waals surface area (Å²) in [6.45, 7) is 4.87. The maximum Gasteiger partial charge on any atom is 0.220 e. The molecule has 5 heteroatoms. The van der Waals surface area contributed by atoms with Gasteiger partial charge in [-0.15, -0.1) is 11.3 Å². The fourth-order valence-electron chi connectivity index (χ4n) is 3.00.